The Kier molecular flexibility index (Phi) is 8.74. The van der Waals surface area contributed by atoms with Gasteiger partial charge in [0.1, 0.15) is 5.75 Å². The topological polar surface area (TPSA) is 9.23 Å². The Balaban J connectivity index is 1.70. The molecule has 0 aliphatic heterocycles. The molecular formula is C27H44O. The van der Waals surface area contributed by atoms with Crippen LogP contribution in [0.5, 0.6) is 5.75 Å². The summed E-state index contributed by atoms with van der Waals surface area (Å²) in [7, 11) is 0. The first-order valence-electron chi connectivity index (χ1n) is 12.5. The first kappa shape index (κ1) is 21.7. The van der Waals surface area contributed by atoms with Crippen molar-refractivity contribution in [2.24, 2.45) is 11.8 Å². The largest absolute Gasteiger partial charge is 0.494 e. The average Bonchev–Trinajstić information content (AvgIpc) is 2.73. The highest BCUT2D eigenvalue weighted by atomic mass is 16.5. The monoisotopic (exact) mass is 384 g/mol. The Bertz CT molecular complexity index is 562. The molecule has 158 valence electrons. The molecule has 0 bridgehead atoms. The molecule has 0 amide bonds. The second-order valence-electron chi connectivity index (χ2n) is 9.81. The number of hydrogen-bond donors (Lipinski definition) is 0. The fourth-order valence-electron chi connectivity index (χ4n) is 5.60. The van der Waals surface area contributed by atoms with Crippen LogP contribution in [0.1, 0.15) is 127 Å². The number of benzene rings is 1. The summed E-state index contributed by atoms with van der Waals surface area (Å²) in [6.45, 7) is 7.78. The van der Waals surface area contributed by atoms with E-state index in [1.54, 1.807) is 11.1 Å². The second kappa shape index (κ2) is 11.3. The molecule has 0 aromatic heterocycles. The van der Waals surface area contributed by atoms with Crippen LogP contribution < -0.4 is 4.74 Å². The molecule has 28 heavy (non-hydrogen) atoms. The van der Waals surface area contributed by atoms with Crippen molar-refractivity contribution in [2.75, 3.05) is 6.61 Å². The molecule has 2 aliphatic carbocycles. The third kappa shape index (κ3) is 6.01. The van der Waals surface area contributed by atoms with E-state index in [9.17, 15) is 0 Å². The van der Waals surface area contributed by atoms with Crippen LogP contribution in [0, 0.1) is 11.8 Å². The first-order chi connectivity index (χ1) is 13.7. The van der Waals surface area contributed by atoms with Crippen LogP contribution in [0.4, 0.5) is 0 Å². The van der Waals surface area contributed by atoms with Gasteiger partial charge in [-0.25, -0.2) is 0 Å². The zero-order valence-corrected chi connectivity index (χ0v) is 18.8. The van der Waals surface area contributed by atoms with Crippen LogP contribution in [0.3, 0.4) is 0 Å². The van der Waals surface area contributed by atoms with Gasteiger partial charge in [0.25, 0.3) is 0 Å². The second-order valence-corrected chi connectivity index (χ2v) is 9.81. The summed E-state index contributed by atoms with van der Waals surface area (Å²) in [5, 5.41) is 0. The maximum Gasteiger partial charge on any atom is 0.119 e. The molecule has 3 rings (SSSR count). The average molecular weight is 385 g/mol. The van der Waals surface area contributed by atoms with Crippen molar-refractivity contribution >= 4 is 0 Å². The minimum Gasteiger partial charge on any atom is -0.494 e. The maximum absolute atomic E-state index is 6.03. The van der Waals surface area contributed by atoms with Gasteiger partial charge in [-0.05, 0) is 91.9 Å². The molecule has 0 atom stereocenters. The highest BCUT2D eigenvalue weighted by Crippen LogP contribution is 2.44. The van der Waals surface area contributed by atoms with Crippen molar-refractivity contribution in [2.45, 2.75) is 116 Å². The van der Waals surface area contributed by atoms with E-state index in [2.05, 4.69) is 39.0 Å². The summed E-state index contributed by atoms with van der Waals surface area (Å²) in [4.78, 5) is 0. The molecule has 0 heterocycles. The van der Waals surface area contributed by atoms with Gasteiger partial charge in [0.2, 0.25) is 0 Å². The minimum absolute atomic E-state index is 0.766. The third-order valence-corrected chi connectivity index (χ3v) is 7.49. The van der Waals surface area contributed by atoms with Crippen molar-refractivity contribution in [3.8, 4) is 5.75 Å². The van der Waals surface area contributed by atoms with E-state index in [-0.39, 0.29) is 0 Å². The predicted octanol–water partition coefficient (Wildman–Crippen LogP) is 8.62. The van der Waals surface area contributed by atoms with Crippen molar-refractivity contribution in [1.82, 2.24) is 0 Å². The lowest BCUT2D eigenvalue weighted by Crippen LogP contribution is -2.17. The van der Waals surface area contributed by atoms with Crippen molar-refractivity contribution in [1.29, 1.82) is 0 Å². The summed E-state index contributed by atoms with van der Waals surface area (Å²) >= 11 is 0. The van der Waals surface area contributed by atoms with Gasteiger partial charge in [0.15, 0.2) is 0 Å². The summed E-state index contributed by atoms with van der Waals surface area (Å²) in [5.41, 5.74) is 3.32. The molecule has 2 fully saturated rings. The van der Waals surface area contributed by atoms with E-state index in [1.807, 2.05) is 0 Å². The standard InChI is InChI=1S/C27H44O/c1-4-6-7-8-22-11-15-24(16-12-22)27-20-25(28-19-5-2)17-18-26(27)23-13-9-21(3)10-14-23/h17-18,20-24H,4-16,19H2,1-3H3. The predicted molar refractivity (Wildman–Crippen MR) is 121 cm³/mol. The van der Waals surface area contributed by atoms with E-state index in [0.717, 1.165) is 42.4 Å². The molecule has 0 unspecified atom stereocenters. The van der Waals surface area contributed by atoms with Gasteiger partial charge in [-0.1, -0.05) is 65.4 Å². The van der Waals surface area contributed by atoms with Gasteiger partial charge in [-0.3, -0.25) is 0 Å². The van der Waals surface area contributed by atoms with Crippen molar-refractivity contribution < 1.29 is 4.74 Å². The van der Waals surface area contributed by atoms with Crippen LogP contribution in [0.15, 0.2) is 18.2 Å². The van der Waals surface area contributed by atoms with Gasteiger partial charge in [0.05, 0.1) is 6.61 Å². The quantitative estimate of drug-likeness (QED) is 0.387. The number of unbranched alkanes of at least 4 members (excludes halogenated alkanes) is 2. The van der Waals surface area contributed by atoms with Crippen LogP contribution in [0.2, 0.25) is 0 Å². The van der Waals surface area contributed by atoms with Crippen molar-refractivity contribution in [3.05, 3.63) is 29.3 Å². The SMILES string of the molecule is CCCCCC1CCC(c2cc(OCCC)ccc2C2CCC(C)CC2)CC1. The van der Waals surface area contributed by atoms with E-state index in [0.29, 0.717) is 0 Å². The lowest BCUT2D eigenvalue weighted by atomic mass is 9.72. The molecular weight excluding hydrogens is 340 g/mol. The molecule has 1 aromatic carbocycles. The van der Waals surface area contributed by atoms with Crippen LogP contribution >= 0.6 is 0 Å². The molecule has 2 saturated carbocycles. The zero-order valence-electron chi connectivity index (χ0n) is 18.8. The Hall–Kier alpha value is -0.980. The number of rotatable bonds is 9. The normalized spacial score (nSPS) is 28.2. The summed E-state index contributed by atoms with van der Waals surface area (Å²) < 4.78 is 6.03. The van der Waals surface area contributed by atoms with Gasteiger partial charge >= 0.3 is 0 Å². The van der Waals surface area contributed by atoms with Crippen LogP contribution in [0.25, 0.3) is 0 Å². The maximum atomic E-state index is 6.03. The zero-order chi connectivity index (χ0) is 19.8. The van der Waals surface area contributed by atoms with Crippen molar-refractivity contribution in [3.63, 3.8) is 0 Å². The van der Waals surface area contributed by atoms with E-state index in [4.69, 9.17) is 4.74 Å². The summed E-state index contributed by atoms with van der Waals surface area (Å²) in [5.74, 6) is 4.57. The van der Waals surface area contributed by atoms with E-state index in [1.165, 1.54) is 77.0 Å². The van der Waals surface area contributed by atoms with Crippen LogP contribution in [-0.2, 0) is 0 Å². The molecule has 1 heteroatoms. The molecule has 0 spiro atoms. The Labute approximate surface area is 174 Å². The molecule has 1 nitrogen and oxygen atoms in total. The van der Waals surface area contributed by atoms with Gasteiger partial charge in [0, 0.05) is 0 Å². The van der Waals surface area contributed by atoms with Crippen LogP contribution in [-0.4, -0.2) is 6.61 Å². The first-order valence-corrected chi connectivity index (χ1v) is 12.5. The van der Waals surface area contributed by atoms with Gasteiger partial charge in [-0.2, -0.15) is 0 Å². The van der Waals surface area contributed by atoms with E-state index < -0.39 is 0 Å². The Morgan fingerprint density at radius 2 is 1.46 bits per heavy atom. The molecule has 0 saturated heterocycles. The summed E-state index contributed by atoms with van der Waals surface area (Å²) in [6, 6.07) is 7.13. The fourth-order valence-corrected chi connectivity index (χ4v) is 5.60. The third-order valence-electron chi connectivity index (χ3n) is 7.49. The lowest BCUT2D eigenvalue weighted by Gasteiger charge is -2.33. The van der Waals surface area contributed by atoms with Gasteiger partial charge in [-0.15, -0.1) is 0 Å². The summed E-state index contributed by atoms with van der Waals surface area (Å²) in [6.07, 6.45) is 18.0. The Morgan fingerprint density at radius 1 is 0.786 bits per heavy atom. The van der Waals surface area contributed by atoms with E-state index >= 15 is 0 Å². The number of ether oxygens (including phenoxy) is 1. The highest BCUT2D eigenvalue weighted by molar-refractivity contribution is 5.40. The molecule has 0 radical (unpaired) electrons. The van der Waals surface area contributed by atoms with Gasteiger partial charge < -0.3 is 4.74 Å². The fraction of sp³-hybridized carbons (Fsp3) is 0.778. The molecule has 2 aliphatic rings. The lowest BCUT2D eigenvalue weighted by molar-refractivity contribution is 0.295. The molecule has 0 N–H and O–H groups in total. The number of hydrogen-bond acceptors (Lipinski definition) is 1. The molecule has 1 aromatic rings. The Morgan fingerprint density at radius 3 is 2.14 bits per heavy atom. The minimum atomic E-state index is 0.766. The smallest absolute Gasteiger partial charge is 0.119 e. The highest BCUT2D eigenvalue weighted by Gasteiger charge is 2.28.